The second-order valence-electron chi connectivity index (χ2n) is 4.94. The number of ether oxygens (including phenoxy) is 2. The molecule has 2 heterocycles. The molecule has 0 fully saturated rings. The molecule has 0 bridgehead atoms. The van der Waals surface area contributed by atoms with Crippen LogP contribution < -0.4 is 9.47 Å². The molecule has 1 aliphatic heterocycles. The number of aromatic amines is 1. The van der Waals surface area contributed by atoms with Gasteiger partial charge in [-0.3, -0.25) is 5.10 Å². The molecule has 0 atom stereocenters. The minimum atomic E-state index is 0.510. The van der Waals surface area contributed by atoms with Crippen LogP contribution in [0.15, 0.2) is 48.5 Å². The van der Waals surface area contributed by atoms with Crippen molar-refractivity contribution in [3.05, 3.63) is 54.1 Å². The van der Waals surface area contributed by atoms with Gasteiger partial charge in [-0.1, -0.05) is 30.3 Å². The van der Waals surface area contributed by atoms with E-state index >= 15 is 0 Å². The predicted molar refractivity (Wildman–Crippen MR) is 80.3 cm³/mol. The van der Waals surface area contributed by atoms with Crippen molar-refractivity contribution in [2.24, 2.45) is 0 Å². The number of methoxy groups -OCH3 is 1. The highest BCUT2D eigenvalue weighted by atomic mass is 16.5. The van der Waals surface area contributed by atoms with E-state index in [0.717, 1.165) is 39.6 Å². The summed E-state index contributed by atoms with van der Waals surface area (Å²) in [7, 11) is 1.65. The number of rotatable bonds is 2. The Bertz CT molecular complexity index is 794. The van der Waals surface area contributed by atoms with Crippen LogP contribution in [0.2, 0.25) is 0 Å². The third-order valence-corrected chi connectivity index (χ3v) is 3.74. The zero-order valence-corrected chi connectivity index (χ0v) is 11.6. The Morgan fingerprint density at radius 2 is 2.00 bits per heavy atom. The van der Waals surface area contributed by atoms with Gasteiger partial charge in [-0.15, -0.1) is 0 Å². The molecule has 0 amide bonds. The Morgan fingerprint density at radius 1 is 1.14 bits per heavy atom. The molecule has 4 rings (SSSR count). The van der Waals surface area contributed by atoms with E-state index < -0.39 is 0 Å². The molecule has 0 aliphatic carbocycles. The highest BCUT2D eigenvalue weighted by Crippen LogP contribution is 2.41. The molecule has 0 radical (unpaired) electrons. The number of hydrogen-bond acceptors (Lipinski definition) is 3. The lowest BCUT2D eigenvalue weighted by molar-refractivity contribution is 0.300. The monoisotopic (exact) mass is 278 g/mol. The fraction of sp³-hybridized carbons (Fsp3) is 0.118. The Morgan fingerprint density at radius 3 is 2.81 bits per heavy atom. The quantitative estimate of drug-likeness (QED) is 0.778. The van der Waals surface area contributed by atoms with Gasteiger partial charge in [-0.25, -0.2) is 0 Å². The van der Waals surface area contributed by atoms with Crippen molar-refractivity contribution in [1.82, 2.24) is 10.2 Å². The highest BCUT2D eigenvalue weighted by molar-refractivity contribution is 5.79. The summed E-state index contributed by atoms with van der Waals surface area (Å²) in [5, 5.41) is 7.62. The largest absolute Gasteiger partial charge is 0.497 e. The van der Waals surface area contributed by atoms with Crippen molar-refractivity contribution in [3.63, 3.8) is 0 Å². The standard InChI is InChI=1S/C17H14N2O2/c1-20-12-7-8-13-15(9-12)21-10-14-16(18-19-17(13)14)11-5-3-2-4-6-11/h2-9H,10H2,1H3,(H,18,19). The molecular weight excluding hydrogens is 264 g/mol. The second-order valence-corrected chi connectivity index (χ2v) is 4.94. The number of aromatic nitrogens is 2. The van der Waals surface area contributed by atoms with Crippen molar-refractivity contribution in [3.8, 4) is 34.0 Å². The third-order valence-electron chi connectivity index (χ3n) is 3.74. The highest BCUT2D eigenvalue weighted by Gasteiger charge is 2.24. The minimum Gasteiger partial charge on any atom is -0.497 e. The first-order chi connectivity index (χ1) is 10.4. The molecule has 3 aromatic rings. The van der Waals surface area contributed by atoms with E-state index in [2.05, 4.69) is 22.3 Å². The molecule has 0 saturated carbocycles. The Kier molecular flexibility index (Phi) is 2.67. The van der Waals surface area contributed by atoms with Gasteiger partial charge in [0.25, 0.3) is 0 Å². The molecular formula is C17H14N2O2. The van der Waals surface area contributed by atoms with E-state index in [-0.39, 0.29) is 0 Å². The zero-order chi connectivity index (χ0) is 14.2. The van der Waals surface area contributed by atoms with E-state index in [0.29, 0.717) is 6.61 Å². The van der Waals surface area contributed by atoms with Crippen molar-refractivity contribution in [2.75, 3.05) is 7.11 Å². The normalized spacial score (nSPS) is 12.2. The zero-order valence-electron chi connectivity index (χ0n) is 11.6. The lowest BCUT2D eigenvalue weighted by Gasteiger charge is -2.18. The van der Waals surface area contributed by atoms with Gasteiger partial charge in [-0.05, 0) is 12.1 Å². The SMILES string of the molecule is COc1ccc2c(c1)OCc1c(-c3ccccc3)n[nH]c1-2. The molecule has 0 spiro atoms. The van der Waals surface area contributed by atoms with Crippen LogP contribution in [0, 0.1) is 0 Å². The van der Waals surface area contributed by atoms with Crippen LogP contribution in [0.3, 0.4) is 0 Å². The second kappa shape index (κ2) is 4.66. The average molecular weight is 278 g/mol. The summed E-state index contributed by atoms with van der Waals surface area (Å²) in [5.74, 6) is 1.62. The summed E-state index contributed by atoms with van der Waals surface area (Å²) in [6, 6.07) is 16.0. The number of H-pyrrole nitrogens is 1. The summed E-state index contributed by atoms with van der Waals surface area (Å²) in [4.78, 5) is 0. The number of hydrogen-bond donors (Lipinski definition) is 1. The smallest absolute Gasteiger partial charge is 0.132 e. The predicted octanol–water partition coefficient (Wildman–Crippen LogP) is 3.64. The molecule has 21 heavy (non-hydrogen) atoms. The van der Waals surface area contributed by atoms with E-state index in [1.807, 2.05) is 36.4 Å². The summed E-state index contributed by atoms with van der Waals surface area (Å²) in [6.07, 6.45) is 0. The maximum Gasteiger partial charge on any atom is 0.132 e. The van der Waals surface area contributed by atoms with Gasteiger partial charge in [0, 0.05) is 22.8 Å². The van der Waals surface area contributed by atoms with Crippen molar-refractivity contribution in [2.45, 2.75) is 6.61 Å². The Labute approximate surface area is 122 Å². The third kappa shape index (κ3) is 1.88. The molecule has 0 unspecified atom stereocenters. The fourth-order valence-electron chi connectivity index (χ4n) is 2.67. The number of benzene rings is 2. The van der Waals surface area contributed by atoms with Crippen LogP contribution in [0.25, 0.3) is 22.5 Å². The minimum absolute atomic E-state index is 0.510. The van der Waals surface area contributed by atoms with Crippen molar-refractivity contribution < 1.29 is 9.47 Å². The number of nitrogens with one attached hydrogen (secondary N) is 1. The molecule has 1 N–H and O–H groups in total. The van der Waals surface area contributed by atoms with Gasteiger partial charge in [0.05, 0.1) is 18.5 Å². The van der Waals surface area contributed by atoms with Crippen LogP contribution in [-0.2, 0) is 6.61 Å². The first kappa shape index (κ1) is 12.0. The summed E-state index contributed by atoms with van der Waals surface area (Å²) >= 11 is 0. The van der Waals surface area contributed by atoms with Gasteiger partial charge in [0.2, 0.25) is 0 Å². The average Bonchev–Trinajstić information content (AvgIpc) is 2.99. The van der Waals surface area contributed by atoms with Crippen LogP contribution in [-0.4, -0.2) is 17.3 Å². The van der Waals surface area contributed by atoms with E-state index in [4.69, 9.17) is 9.47 Å². The van der Waals surface area contributed by atoms with Crippen LogP contribution >= 0.6 is 0 Å². The summed E-state index contributed by atoms with van der Waals surface area (Å²) in [6.45, 7) is 0.510. The van der Waals surface area contributed by atoms with Crippen LogP contribution in [0.4, 0.5) is 0 Å². The Balaban J connectivity index is 1.85. The number of fused-ring (bicyclic) bond motifs is 3. The van der Waals surface area contributed by atoms with E-state index in [1.54, 1.807) is 7.11 Å². The maximum atomic E-state index is 5.87. The summed E-state index contributed by atoms with van der Waals surface area (Å²) in [5.41, 5.74) is 5.19. The van der Waals surface area contributed by atoms with Crippen LogP contribution in [0.5, 0.6) is 11.5 Å². The van der Waals surface area contributed by atoms with Gasteiger partial charge < -0.3 is 9.47 Å². The molecule has 1 aromatic heterocycles. The van der Waals surface area contributed by atoms with Gasteiger partial charge in [0.15, 0.2) is 0 Å². The van der Waals surface area contributed by atoms with Crippen LogP contribution in [0.1, 0.15) is 5.56 Å². The number of nitrogens with zero attached hydrogens (tertiary/aromatic N) is 1. The molecule has 104 valence electrons. The lowest BCUT2D eigenvalue weighted by Crippen LogP contribution is -2.05. The summed E-state index contributed by atoms with van der Waals surface area (Å²) < 4.78 is 11.1. The molecule has 4 heteroatoms. The molecule has 4 nitrogen and oxygen atoms in total. The van der Waals surface area contributed by atoms with Gasteiger partial charge in [-0.2, -0.15) is 5.10 Å². The fourth-order valence-corrected chi connectivity index (χ4v) is 2.67. The lowest BCUT2D eigenvalue weighted by atomic mass is 10.00. The maximum absolute atomic E-state index is 5.87. The van der Waals surface area contributed by atoms with E-state index in [1.165, 1.54) is 0 Å². The topological polar surface area (TPSA) is 47.1 Å². The van der Waals surface area contributed by atoms with Crippen molar-refractivity contribution in [1.29, 1.82) is 0 Å². The van der Waals surface area contributed by atoms with Gasteiger partial charge in [0.1, 0.15) is 18.1 Å². The van der Waals surface area contributed by atoms with Crippen molar-refractivity contribution >= 4 is 0 Å². The van der Waals surface area contributed by atoms with Gasteiger partial charge >= 0.3 is 0 Å². The molecule has 1 aliphatic rings. The first-order valence-corrected chi connectivity index (χ1v) is 6.80. The molecule has 0 saturated heterocycles. The van der Waals surface area contributed by atoms with E-state index in [9.17, 15) is 0 Å². The first-order valence-electron chi connectivity index (χ1n) is 6.80. The Hall–Kier alpha value is -2.75. The molecule has 2 aromatic carbocycles.